The first kappa shape index (κ1) is 16.0. The first-order chi connectivity index (χ1) is 11.0. The van der Waals surface area contributed by atoms with Crippen molar-refractivity contribution in [1.29, 1.82) is 0 Å². The van der Waals surface area contributed by atoms with Crippen LogP contribution < -0.4 is 4.74 Å². The van der Waals surface area contributed by atoms with Gasteiger partial charge in [-0.2, -0.15) is 10.2 Å². The van der Waals surface area contributed by atoms with Crippen molar-refractivity contribution in [3.63, 3.8) is 0 Å². The second kappa shape index (κ2) is 6.72. The molecule has 1 N–H and O–H groups in total. The summed E-state index contributed by atoms with van der Waals surface area (Å²) in [6, 6.07) is 0. The molecule has 0 unspecified atom stereocenters. The molecule has 3 heterocycles. The quantitative estimate of drug-likeness (QED) is 0.857. The molecule has 1 saturated heterocycles. The van der Waals surface area contributed by atoms with Crippen molar-refractivity contribution in [3.05, 3.63) is 30.4 Å². The molecule has 0 amide bonds. The average molecular weight is 319 g/mol. The highest BCUT2D eigenvalue weighted by Crippen LogP contribution is 2.19. The lowest BCUT2D eigenvalue weighted by atomic mass is 10.2. The van der Waals surface area contributed by atoms with Crippen LogP contribution >= 0.6 is 0 Å². The van der Waals surface area contributed by atoms with Crippen molar-refractivity contribution >= 4 is 0 Å². The van der Waals surface area contributed by atoms with Crippen LogP contribution in [0.2, 0.25) is 0 Å². The van der Waals surface area contributed by atoms with Gasteiger partial charge in [0.15, 0.2) is 5.75 Å². The van der Waals surface area contributed by atoms with Crippen molar-refractivity contribution in [2.24, 2.45) is 13.0 Å². The summed E-state index contributed by atoms with van der Waals surface area (Å²) in [6.45, 7) is 7.38. The lowest BCUT2D eigenvalue weighted by molar-refractivity contribution is 0.0736. The van der Waals surface area contributed by atoms with Crippen molar-refractivity contribution < 1.29 is 9.84 Å². The minimum atomic E-state index is -0.485. The Labute approximate surface area is 136 Å². The van der Waals surface area contributed by atoms with E-state index in [1.54, 1.807) is 10.9 Å². The molecule has 0 aromatic carbocycles. The largest absolute Gasteiger partial charge is 0.483 e. The van der Waals surface area contributed by atoms with Crippen LogP contribution in [0.25, 0.3) is 0 Å². The third-order valence-corrected chi connectivity index (χ3v) is 3.93. The monoisotopic (exact) mass is 319 g/mol. The molecule has 0 aliphatic carbocycles. The van der Waals surface area contributed by atoms with Crippen LogP contribution in [0, 0.1) is 5.92 Å². The van der Waals surface area contributed by atoms with Gasteiger partial charge in [0.25, 0.3) is 0 Å². The highest BCUT2D eigenvalue weighted by Gasteiger charge is 2.33. The maximum atomic E-state index is 10.2. The third-order valence-electron chi connectivity index (χ3n) is 3.93. The van der Waals surface area contributed by atoms with Gasteiger partial charge < -0.3 is 9.84 Å². The summed E-state index contributed by atoms with van der Waals surface area (Å²) in [5.74, 6) is 1.27. The summed E-state index contributed by atoms with van der Waals surface area (Å²) >= 11 is 0. The predicted molar refractivity (Wildman–Crippen MR) is 86.0 cm³/mol. The molecule has 1 aliphatic rings. The number of rotatable bonds is 6. The molecule has 0 radical (unpaired) electrons. The maximum absolute atomic E-state index is 10.2. The number of aromatic nitrogens is 4. The minimum Gasteiger partial charge on any atom is -0.483 e. The zero-order chi connectivity index (χ0) is 16.4. The zero-order valence-electron chi connectivity index (χ0n) is 14.0. The van der Waals surface area contributed by atoms with E-state index < -0.39 is 6.10 Å². The van der Waals surface area contributed by atoms with E-state index in [0.717, 1.165) is 13.1 Å². The Kier molecular flexibility index (Phi) is 4.68. The van der Waals surface area contributed by atoms with E-state index in [9.17, 15) is 5.11 Å². The Hall–Kier alpha value is -1.86. The van der Waals surface area contributed by atoms with Gasteiger partial charge in [-0.15, -0.1) is 0 Å². The van der Waals surface area contributed by atoms with E-state index in [4.69, 9.17) is 4.74 Å². The van der Waals surface area contributed by atoms with Crippen molar-refractivity contribution in [3.8, 4) is 5.75 Å². The van der Waals surface area contributed by atoms with Crippen LogP contribution in [-0.4, -0.2) is 54.9 Å². The smallest absolute Gasteiger partial charge is 0.157 e. The fourth-order valence-electron chi connectivity index (χ4n) is 2.93. The number of hydrogen-bond donors (Lipinski definition) is 1. The Morgan fingerprint density at radius 2 is 2.09 bits per heavy atom. The number of ether oxygens (including phenoxy) is 1. The van der Waals surface area contributed by atoms with Gasteiger partial charge in [0.2, 0.25) is 0 Å². The Balaban J connectivity index is 1.54. The molecule has 1 fully saturated rings. The van der Waals surface area contributed by atoms with Crippen molar-refractivity contribution in [2.75, 3.05) is 13.1 Å². The van der Waals surface area contributed by atoms with E-state index in [0.29, 0.717) is 24.8 Å². The first-order valence-electron chi connectivity index (χ1n) is 8.06. The molecule has 7 heteroatoms. The number of hydrogen-bond acceptors (Lipinski definition) is 5. The van der Waals surface area contributed by atoms with Crippen molar-refractivity contribution in [2.45, 2.75) is 39.1 Å². The van der Waals surface area contributed by atoms with Gasteiger partial charge in [-0.1, -0.05) is 13.8 Å². The standard InChI is InChI=1S/C16H25N5O2/c1-12(2)6-21-8-13(4-18-21)7-20-10-15(22)16(11-20)23-14-5-17-19(3)9-14/h4-5,8-9,12,15-16,22H,6-7,10-11H2,1-3H3/t15-,16-/m1/s1. The molecule has 0 spiro atoms. The summed E-state index contributed by atoms with van der Waals surface area (Å²) < 4.78 is 9.51. The van der Waals surface area contributed by atoms with Gasteiger partial charge in [-0.25, -0.2) is 0 Å². The summed E-state index contributed by atoms with van der Waals surface area (Å²) in [5, 5.41) is 18.7. The van der Waals surface area contributed by atoms with Gasteiger partial charge in [0.05, 0.1) is 18.6 Å². The summed E-state index contributed by atoms with van der Waals surface area (Å²) in [4.78, 5) is 2.20. The fraction of sp³-hybridized carbons (Fsp3) is 0.625. The second-order valence-corrected chi connectivity index (χ2v) is 6.73. The Morgan fingerprint density at radius 1 is 1.26 bits per heavy atom. The van der Waals surface area contributed by atoms with Crippen LogP contribution in [0.5, 0.6) is 5.75 Å². The van der Waals surface area contributed by atoms with Crippen LogP contribution in [0.15, 0.2) is 24.8 Å². The molecule has 2 aromatic heterocycles. The van der Waals surface area contributed by atoms with Crippen molar-refractivity contribution in [1.82, 2.24) is 24.5 Å². The van der Waals surface area contributed by atoms with E-state index in [-0.39, 0.29) is 6.10 Å². The molecule has 1 aliphatic heterocycles. The minimum absolute atomic E-state index is 0.218. The molecular formula is C16H25N5O2. The molecule has 7 nitrogen and oxygen atoms in total. The molecule has 23 heavy (non-hydrogen) atoms. The number of β-amino-alcohol motifs (C(OH)–C–C–N with tert-alkyl or cyclic N) is 1. The predicted octanol–water partition coefficient (Wildman–Crippen LogP) is 0.897. The molecule has 126 valence electrons. The SMILES string of the molecule is CC(C)Cn1cc(CN2C[C@@H](O)[C@H](Oc3cnn(C)c3)C2)cn1. The highest BCUT2D eigenvalue weighted by molar-refractivity contribution is 5.13. The third kappa shape index (κ3) is 4.11. The molecule has 3 rings (SSSR count). The molecule has 2 aromatic rings. The van der Waals surface area contributed by atoms with E-state index in [1.165, 1.54) is 5.56 Å². The van der Waals surface area contributed by atoms with E-state index >= 15 is 0 Å². The van der Waals surface area contributed by atoms with Crippen LogP contribution in [0.4, 0.5) is 0 Å². The number of aliphatic hydroxyl groups is 1. The maximum Gasteiger partial charge on any atom is 0.157 e. The number of aryl methyl sites for hydroxylation is 1. The molecule has 2 atom stereocenters. The van der Waals surface area contributed by atoms with E-state index in [1.807, 2.05) is 24.1 Å². The van der Waals surface area contributed by atoms with Crippen LogP contribution in [0.3, 0.4) is 0 Å². The summed E-state index contributed by atoms with van der Waals surface area (Å²) in [7, 11) is 1.85. The van der Waals surface area contributed by atoms with Gasteiger partial charge in [-0.3, -0.25) is 14.3 Å². The Morgan fingerprint density at radius 3 is 2.78 bits per heavy atom. The van der Waals surface area contributed by atoms with Crippen LogP contribution in [-0.2, 0) is 20.1 Å². The lowest BCUT2D eigenvalue weighted by Gasteiger charge is -2.15. The van der Waals surface area contributed by atoms with Gasteiger partial charge in [-0.05, 0) is 5.92 Å². The fourth-order valence-corrected chi connectivity index (χ4v) is 2.93. The van der Waals surface area contributed by atoms with Crippen LogP contribution in [0.1, 0.15) is 19.4 Å². The van der Waals surface area contributed by atoms with Gasteiger partial charge in [0.1, 0.15) is 12.2 Å². The zero-order valence-corrected chi connectivity index (χ0v) is 14.0. The lowest BCUT2D eigenvalue weighted by Crippen LogP contribution is -2.29. The second-order valence-electron chi connectivity index (χ2n) is 6.73. The summed E-state index contributed by atoms with van der Waals surface area (Å²) in [5.41, 5.74) is 1.17. The highest BCUT2D eigenvalue weighted by atomic mass is 16.5. The Bertz CT molecular complexity index is 636. The molecular weight excluding hydrogens is 294 g/mol. The topological polar surface area (TPSA) is 68.3 Å². The number of likely N-dealkylation sites (tertiary alicyclic amines) is 1. The molecule has 0 bridgehead atoms. The first-order valence-corrected chi connectivity index (χ1v) is 8.06. The summed E-state index contributed by atoms with van der Waals surface area (Å²) in [6.07, 6.45) is 6.77. The normalized spacial score (nSPS) is 22.1. The number of aliphatic hydroxyl groups excluding tert-OH is 1. The average Bonchev–Trinajstić information content (AvgIpc) is 3.14. The molecule has 0 saturated carbocycles. The van der Waals surface area contributed by atoms with Gasteiger partial charge >= 0.3 is 0 Å². The number of nitrogens with zero attached hydrogens (tertiary/aromatic N) is 5. The van der Waals surface area contributed by atoms with Gasteiger partial charge in [0, 0.05) is 45.0 Å². The van der Waals surface area contributed by atoms with E-state index in [2.05, 4.69) is 35.1 Å².